The molecule has 0 saturated carbocycles. The van der Waals surface area contributed by atoms with Crippen molar-refractivity contribution in [2.24, 2.45) is 0 Å². The van der Waals surface area contributed by atoms with Crippen molar-refractivity contribution in [2.45, 2.75) is 18.8 Å². The number of hydrogen-bond acceptors (Lipinski definition) is 1. The molecular formula is C11H13ClFN. The third-order valence-corrected chi connectivity index (χ3v) is 3.08. The van der Waals surface area contributed by atoms with Crippen LogP contribution in [0.5, 0.6) is 0 Å². The summed E-state index contributed by atoms with van der Waals surface area (Å²) in [7, 11) is 0. The highest BCUT2D eigenvalue weighted by Gasteiger charge is 2.20. The Bertz CT molecular complexity index is 301. The van der Waals surface area contributed by atoms with Crippen LogP contribution >= 0.6 is 11.6 Å². The van der Waals surface area contributed by atoms with E-state index in [9.17, 15) is 4.39 Å². The molecule has 0 unspecified atom stereocenters. The maximum Gasteiger partial charge on any atom is 0.128 e. The minimum absolute atomic E-state index is 0.163. The molecule has 0 aliphatic carbocycles. The Morgan fingerprint density at radius 1 is 1.29 bits per heavy atom. The molecular weight excluding hydrogens is 201 g/mol. The Hall–Kier alpha value is -0.600. The molecule has 2 rings (SSSR count). The second-order valence-corrected chi connectivity index (χ2v) is 4.07. The Kier molecular flexibility index (Phi) is 3.04. The lowest BCUT2D eigenvalue weighted by Gasteiger charge is -2.24. The smallest absolute Gasteiger partial charge is 0.128 e. The molecule has 0 amide bonds. The number of halogens is 2. The van der Waals surface area contributed by atoms with Gasteiger partial charge < -0.3 is 5.32 Å². The van der Waals surface area contributed by atoms with E-state index in [-0.39, 0.29) is 11.7 Å². The molecule has 76 valence electrons. The molecule has 1 fully saturated rings. The second-order valence-electron chi connectivity index (χ2n) is 3.66. The molecule has 1 aliphatic rings. The molecule has 1 aromatic rings. The lowest BCUT2D eigenvalue weighted by molar-refractivity contribution is 0.445. The summed E-state index contributed by atoms with van der Waals surface area (Å²) < 4.78 is 13.5. The van der Waals surface area contributed by atoms with Crippen molar-refractivity contribution in [3.63, 3.8) is 0 Å². The van der Waals surface area contributed by atoms with Crippen LogP contribution < -0.4 is 5.32 Å². The molecule has 1 aliphatic heterocycles. The molecule has 1 N–H and O–H groups in total. The van der Waals surface area contributed by atoms with Crippen LogP contribution in [-0.2, 0) is 0 Å². The molecule has 1 aromatic carbocycles. The van der Waals surface area contributed by atoms with Gasteiger partial charge in [0.25, 0.3) is 0 Å². The molecule has 1 nitrogen and oxygen atoms in total. The van der Waals surface area contributed by atoms with Crippen LogP contribution in [-0.4, -0.2) is 13.1 Å². The zero-order chi connectivity index (χ0) is 9.97. The number of benzene rings is 1. The van der Waals surface area contributed by atoms with Gasteiger partial charge in [0, 0.05) is 10.6 Å². The van der Waals surface area contributed by atoms with Gasteiger partial charge in [-0.15, -0.1) is 0 Å². The van der Waals surface area contributed by atoms with Crippen molar-refractivity contribution < 1.29 is 4.39 Å². The van der Waals surface area contributed by atoms with Crippen molar-refractivity contribution in [1.82, 2.24) is 5.32 Å². The predicted octanol–water partition coefficient (Wildman–Crippen LogP) is 2.95. The average Bonchev–Trinajstić information content (AvgIpc) is 2.19. The fraction of sp³-hybridized carbons (Fsp3) is 0.455. The normalized spacial score (nSPS) is 18.4. The first-order chi connectivity index (χ1) is 6.79. The lowest BCUT2D eigenvalue weighted by Crippen LogP contribution is -2.27. The standard InChI is InChI=1S/C11H13ClFN/c12-9-2-1-3-10(13)11(9)8-4-6-14-7-5-8/h1-3,8,14H,4-7H2. The van der Waals surface area contributed by atoms with Crippen LogP contribution in [0.25, 0.3) is 0 Å². The monoisotopic (exact) mass is 213 g/mol. The van der Waals surface area contributed by atoms with Gasteiger partial charge in [0.2, 0.25) is 0 Å². The average molecular weight is 214 g/mol. The van der Waals surface area contributed by atoms with Crippen molar-refractivity contribution in [1.29, 1.82) is 0 Å². The molecule has 0 atom stereocenters. The number of hydrogen-bond donors (Lipinski definition) is 1. The minimum Gasteiger partial charge on any atom is -0.317 e. The van der Waals surface area contributed by atoms with Gasteiger partial charge in [0.15, 0.2) is 0 Å². The molecule has 3 heteroatoms. The topological polar surface area (TPSA) is 12.0 Å². The van der Waals surface area contributed by atoms with Crippen LogP contribution in [0.15, 0.2) is 18.2 Å². The summed E-state index contributed by atoms with van der Waals surface area (Å²) in [6, 6.07) is 4.91. The van der Waals surface area contributed by atoms with Gasteiger partial charge in [0.05, 0.1) is 0 Å². The molecule has 0 radical (unpaired) electrons. The fourth-order valence-corrected chi connectivity index (χ4v) is 2.33. The van der Waals surface area contributed by atoms with E-state index < -0.39 is 0 Å². The summed E-state index contributed by atoms with van der Waals surface area (Å²) in [5.74, 6) is 0.120. The minimum atomic E-state index is -0.163. The molecule has 0 spiro atoms. The highest BCUT2D eigenvalue weighted by molar-refractivity contribution is 6.31. The quantitative estimate of drug-likeness (QED) is 0.757. The number of piperidine rings is 1. The maximum absolute atomic E-state index is 13.5. The summed E-state index contributed by atoms with van der Waals surface area (Å²) >= 11 is 6.00. The molecule has 14 heavy (non-hydrogen) atoms. The summed E-state index contributed by atoms with van der Waals surface area (Å²) in [4.78, 5) is 0. The highest BCUT2D eigenvalue weighted by Crippen LogP contribution is 2.32. The zero-order valence-corrected chi connectivity index (χ0v) is 8.65. The van der Waals surface area contributed by atoms with Crippen LogP contribution in [0.3, 0.4) is 0 Å². The fourth-order valence-electron chi connectivity index (χ4n) is 2.01. The van der Waals surface area contributed by atoms with Gasteiger partial charge in [0.1, 0.15) is 5.82 Å². The van der Waals surface area contributed by atoms with Gasteiger partial charge in [-0.05, 0) is 44.0 Å². The van der Waals surface area contributed by atoms with E-state index in [1.165, 1.54) is 6.07 Å². The van der Waals surface area contributed by atoms with Crippen LogP contribution in [0.1, 0.15) is 24.3 Å². The van der Waals surface area contributed by atoms with Crippen LogP contribution in [0.4, 0.5) is 4.39 Å². The van der Waals surface area contributed by atoms with Crippen LogP contribution in [0.2, 0.25) is 5.02 Å². The van der Waals surface area contributed by atoms with Crippen molar-refractivity contribution in [2.75, 3.05) is 13.1 Å². The summed E-state index contributed by atoms with van der Waals surface area (Å²) in [6.45, 7) is 1.91. The van der Waals surface area contributed by atoms with E-state index in [1.54, 1.807) is 12.1 Å². The predicted molar refractivity (Wildman–Crippen MR) is 56.3 cm³/mol. The second kappa shape index (κ2) is 4.28. The first-order valence-corrected chi connectivity index (χ1v) is 5.31. The van der Waals surface area contributed by atoms with Crippen molar-refractivity contribution in [3.05, 3.63) is 34.6 Å². The molecule has 1 saturated heterocycles. The maximum atomic E-state index is 13.5. The summed E-state index contributed by atoms with van der Waals surface area (Å²) in [5.41, 5.74) is 0.704. The van der Waals surface area contributed by atoms with E-state index in [1.807, 2.05) is 0 Å². The van der Waals surface area contributed by atoms with E-state index in [4.69, 9.17) is 11.6 Å². The van der Waals surface area contributed by atoms with Gasteiger partial charge >= 0.3 is 0 Å². The molecule has 1 heterocycles. The van der Waals surface area contributed by atoms with Gasteiger partial charge in [-0.25, -0.2) is 4.39 Å². The lowest BCUT2D eigenvalue weighted by atomic mass is 9.90. The van der Waals surface area contributed by atoms with Gasteiger partial charge in [-0.3, -0.25) is 0 Å². The first kappa shape index (κ1) is 9.94. The van der Waals surface area contributed by atoms with E-state index in [0.29, 0.717) is 10.6 Å². The zero-order valence-electron chi connectivity index (χ0n) is 7.89. The van der Waals surface area contributed by atoms with E-state index in [2.05, 4.69) is 5.32 Å². The largest absolute Gasteiger partial charge is 0.317 e. The Morgan fingerprint density at radius 3 is 2.64 bits per heavy atom. The molecule has 0 aromatic heterocycles. The molecule has 0 bridgehead atoms. The number of rotatable bonds is 1. The highest BCUT2D eigenvalue weighted by atomic mass is 35.5. The van der Waals surface area contributed by atoms with Crippen molar-refractivity contribution >= 4 is 11.6 Å². The van der Waals surface area contributed by atoms with E-state index in [0.717, 1.165) is 25.9 Å². The SMILES string of the molecule is Fc1cccc(Cl)c1C1CCNCC1. The summed E-state index contributed by atoms with van der Waals surface area (Å²) in [5, 5.41) is 3.82. The number of nitrogens with one attached hydrogen (secondary N) is 1. The van der Waals surface area contributed by atoms with Gasteiger partial charge in [-0.1, -0.05) is 17.7 Å². The van der Waals surface area contributed by atoms with Crippen LogP contribution in [0, 0.1) is 5.82 Å². The van der Waals surface area contributed by atoms with E-state index >= 15 is 0 Å². The summed E-state index contributed by atoms with van der Waals surface area (Å²) in [6.07, 6.45) is 1.95. The third-order valence-electron chi connectivity index (χ3n) is 2.75. The van der Waals surface area contributed by atoms with Crippen molar-refractivity contribution in [3.8, 4) is 0 Å². The van der Waals surface area contributed by atoms with Gasteiger partial charge in [-0.2, -0.15) is 0 Å². The first-order valence-electron chi connectivity index (χ1n) is 4.93. The third kappa shape index (κ3) is 1.91. The Morgan fingerprint density at radius 2 is 2.00 bits per heavy atom. The Labute approximate surface area is 88.3 Å². The Balaban J connectivity index is 2.29.